The number of rotatable bonds is 9. The van der Waals surface area contributed by atoms with Gasteiger partial charge in [0.25, 0.3) is 0 Å². The Morgan fingerprint density at radius 2 is 0.815 bits per heavy atom. The van der Waals surface area contributed by atoms with E-state index in [1.165, 1.54) is 20.8 Å². The van der Waals surface area contributed by atoms with E-state index in [1.807, 2.05) is 0 Å². The Balaban J connectivity index is 3.52. The predicted molar refractivity (Wildman–Crippen MR) is 89.1 cm³/mol. The first-order valence-corrected chi connectivity index (χ1v) is 8.18. The van der Waals surface area contributed by atoms with Gasteiger partial charge in [-0.25, -0.2) is 28.1 Å². The van der Waals surface area contributed by atoms with Crippen molar-refractivity contribution in [3.8, 4) is 0 Å². The standard InChI is InChI=1S/C15H21N3O9/c1-4-25-10(19)7-16-13(22)17(8-11(20)26-5-2)15(24)18(14(16)23)9-12(21)27-6-3/h4-9H2,1-3H3. The van der Waals surface area contributed by atoms with Crippen LogP contribution in [0.3, 0.4) is 0 Å². The molecule has 1 aromatic heterocycles. The molecule has 1 aromatic rings. The number of carbonyl (C=O) groups is 3. The van der Waals surface area contributed by atoms with Crippen LogP contribution in [-0.4, -0.2) is 51.4 Å². The summed E-state index contributed by atoms with van der Waals surface area (Å²) in [5.41, 5.74) is -3.61. The Morgan fingerprint density at radius 1 is 0.593 bits per heavy atom. The van der Waals surface area contributed by atoms with E-state index in [4.69, 9.17) is 0 Å². The van der Waals surface area contributed by atoms with Crippen LogP contribution in [0.2, 0.25) is 0 Å². The molecule has 0 radical (unpaired) electrons. The van der Waals surface area contributed by atoms with E-state index in [2.05, 4.69) is 14.2 Å². The lowest BCUT2D eigenvalue weighted by Crippen LogP contribution is -2.56. The van der Waals surface area contributed by atoms with Gasteiger partial charge in [-0.15, -0.1) is 0 Å². The summed E-state index contributed by atoms with van der Waals surface area (Å²) in [5.74, 6) is -2.71. The number of ether oxygens (including phenoxy) is 3. The van der Waals surface area contributed by atoms with Gasteiger partial charge in [-0.3, -0.25) is 14.4 Å². The maximum atomic E-state index is 12.4. The molecule has 0 aliphatic heterocycles. The van der Waals surface area contributed by atoms with Crippen LogP contribution in [0.15, 0.2) is 14.4 Å². The molecule has 0 aromatic carbocycles. The number of esters is 3. The van der Waals surface area contributed by atoms with Crippen LogP contribution in [-0.2, 0) is 48.2 Å². The highest BCUT2D eigenvalue weighted by molar-refractivity contribution is 5.70. The van der Waals surface area contributed by atoms with Gasteiger partial charge in [0, 0.05) is 0 Å². The van der Waals surface area contributed by atoms with Gasteiger partial charge in [-0.05, 0) is 20.8 Å². The summed E-state index contributed by atoms with van der Waals surface area (Å²) in [6.45, 7) is 2.23. The molecule has 12 nitrogen and oxygen atoms in total. The highest BCUT2D eigenvalue weighted by Crippen LogP contribution is 1.87. The van der Waals surface area contributed by atoms with Crippen LogP contribution < -0.4 is 17.1 Å². The average Bonchev–Trinajstić information content (AvgIpc) is 2.60. The molecule has 12 heteroatoms. The lowest BCUT2D eigenvalue weighted by Gasteiger charge is -2.13. The molecule has 0 N–H and O–H groups in total. The summed E-state index contributed by atoms with van der Waals surface area (Å²) in [6, 6.07) is 0. The molecule has 0 saturated heterocycles. The van der Waals surface area contributed by atoms with Gasteiger partial charge >= 0.3 is 35.0 Å². The van der Waals surface area contributed by atoms with Crippen molar-refractivity contribution in [3.05, 3.63) is 31.5 Å². The second kappa shape index (κ2) is 10.1. The molecule has 0 spiro atoms. The van der Waals surface area contributed by atoms with Crippen molar-refractivity contribution >= 4 is 17.9 Å². The molecule has 150 valence electrons. The predicted octanol–water partition coefficient (Wildman–Crippen LogP) is -2.14. The zero-order chi connectivity index (χ0) is 20.6. The SMILES string of the molecule is CCOC(=O)Cn1c(=O)n(CC(=O)OCC)c(=O)n(CC(=O)OCC)c1=O. The van der Waals surface area contributed by atoms with E-state index in [0.29, 0.717) is 13.7 Å². The first-order chi connectivity index (χ1) is 12.8. The molecule has 0 bridgehead atoms. The van der Waals surface area contributed by atoms with Gasteiger partial charge in [-0.1, -0.05) is 0 Å². The molecule has 0 unspecified atom stereocenters. The fourth-order valence-electron chi connectivity index (χ4n) is 2.10. The number of aromatic nitrogens is 3. The first kappa shape index (κ1) is 21.9. The number of carbonyl (C=O) groups excluding carboxylic acids is 3. The summed E-state index contributed by atoms with van der Waals surface area (Å²) in [5, 5.41) is 0. The number of hydrogen-bond donors (Lipinski definition) is 0. The van der Waals surface area contributed by atoms with Crippen molar-refractivity contribution < 1.29 is 28.6 Å². The smallest absolute Gasteiger partial charge is 0.337 e. The van der Waals surface area contributed by atoms with E-state index >= 15 is 0 Å². The molecule has 0 aliphatic carbocycles. The second-order valence-electron chi connectivity index (χ2n) is 5.02. The molecule has 0 fully saturated rings. The minimum Gasteiger partial charge on any atom is -0.465 e. The minimum atomic E-state index is -1.20. The molecule has 0 amide bonds. The zero-order valence-corrected chi connectivity index (χ0v) is 15.3. The molecular weight excluding hydrogens is 366 g/mol. The van der Waals surface area contributed by atoms with E-state index in [0.717, 1.165) is 0 Å². The summed E-state index contributed by atoms with van der Waals surface area (Å²) < 4.78 is 15.3. The van der Waals surface area contributed by atoms with Crippen LogP contribution in [0, 0.1) is 0 Å². The Kier molecular flexibility index (Phi) is 8.17. The monoisotopic (exact) mass is 387 g/mol. The second-order valence-corrected chi connectivity index (χ2v) is 5.02. The zero-order valence-electron chi connectivity index (χ0n) is 15.3. The van der Waals surface area contributed by atoms with Crippen molar-refractivity contribution in [3.63, 3.8) is 0 Å². The lowest BCUT2D eigenvalue weighted by atomic mass is 10.5. The van der Waals surface area contributed by atoms with Crippen LogP contribution in [0.25, 0.3) is 0 Å². The van der Waals surface area contributed by atoms with Crippen molar-refractivity contribution in [2.45, 2.75) is 40.4 Å². The van der Waals surface area contributed by atoms with Crippen molar-refractivity contribution in [1.29, 1.82) is 0 Å². The summed E-state index contributed by atoms with van der Waals surface area (Å²) in [6.07, 6.45) is 0. The Labute approximate surface area is 152 Å². The van der Waals surface area contributed by atoms with E-state index in [-0.39, 0.29) is 19.8 Å². The highest BCUT2D eigenvalue weighted by Gasteiger charge is 2.21. The van der Waals surface area contributed by atoms with E-state index in [1.54, 1.807) is 0 Å². The third kappa shape index (κ3) is 5.66. The summed E-state index contributed by atoms with van der Waals surface area (Å²) >= 11 is 0. The summed E-state index contributed by atoms with van der Waals surface area (Å²) in [7, 11) is 0. The Bertz CT molecular complexity index is 733. The molecule has 27 heavy (non-hydrogen) atoms. The average molecular weight is 387 g/mol. The minimum absolute atomic E-state index is 0.00701. The van der Waals surface area contributed by atoms with Gasteiger partial charge in [0.15, 0.2) is 0 Å². The van der Waals surface area contributed by atoms with Crippen LogP contribution in [0.5, 0.6) is 0 Å². The van der Waals surface area contributed by atoms with Crippen LogP contribution in [0.1, 0.15) is 20.8 Å². The van der Waals surface area contributed by atoms with Gasteiger partial charge in [0.05, 0.1) is 19.8 Å². The third-order valence-corrected chi connectivity index (χ3v) is 3.16. The summed E-state index contributed by atoms with van der Waals surface area (Å²) in [4.78, 5) is 72.3. The molecular formula is C15H21N3O9. The van der Waals surface area contributed by atoms with Gasteiger partial charge in [0.1, 0.15) is 19.6 Å². The fraction of sp³-hybridized carbons (Fsp3) is 0.600. The van der Waals surface area contributed by atoms with Crippen LogP contribution in [0.4, 0.5) is 0 Å². The fourth-order valence-corrected chi connectivity index (χ4v) is 2.10. The quantitative estimate of drug-likeness (QED) is 0.342. The number of nitrogens with zero attached hydrogens (tertiary/aromatic N) is 3. The molecule has 1 heterocycles. The van der Waals surface area contributed by atoms with Gasteiger partial charge in [-0.2, -0.15) is 0 Å². The molecule has 1 rings (SSSR count). The van der Waals surface area contributed by atoms with Gasteiger partial charge in [0.2, 0.25) is 0 Å². The van der Waals surface area contributed by atoms with E-state index < -0.39 is 54.6 Å². The number of hydrogen-bond acceptors (Lipinski definition) is 9. The Morgan fingerprint density at radius 3 is 1.00 bits per heavy atom. The molecule has 0 saturated carbocycles. The third-order valence-electron chi connectivity index (χ3n) is 3.16. The molecule has 0 atom stereocenters. The maximum absolute atomic E-state index is 12.4. The Hall–Kier alpha value is -3.18. The topological polar surface area (TPSA) is 145 Å². The lowest BCUT2D eigenvalue weighted by molar-refractivity contribution is -0.144. The highest BCUT2D eigenvalue weighted by atomic mass is 16.5. The normalized spacial score (nSPS) is 10.3. The van der Waals surface area contributed by atoms with Crippen molar-refractivity contribution in [1.82, 2.24) is 13.7 Å². The van der Waals surface area contributed by atoms with Gasteiger partial charge < -0.3 is 14.2 Å². The first-order valence-electron chi connectivity index (χ1n) is 8.18. The largest absolute Gasteiger partial charge is 0.465 e. The molecule has 0 aliphatic rings. The van der Waals surface area contributed by atoms with Crippen LogP contribution >= 0.6 is 0 Å². The van der Waals surface area contributed by atoms with Crippen molar-refractivity contribution in [2.75, 3.05) is 19.8 Å². The maximum Gasteiger partial charge on any atom is 0.337 e. The van der Waals surface area contributed by atoms with E-state index in [9.17, 15) is 28.8 Å². The van der Waals surface area contributed by atoms with Crippen molar-refractivity contribution in [2.24, 2.45) is 0 Å².